The number of aliphatic carboxylic acids is 1. The lowest BCUT2D eigenvalue weighted by Crippen LogP contribution is -2.55. The Morgan fingerprint density at radius 2 is 1.55 bits per heavy atom. The molecule has 5 rings (SSSR count). The van der Waals surface area contributed by atoms with Gasteiger partial charge in [0.15, 0.2) is 0 Å². The minimum atomic E-state index is -4.87. The summed E-state index contributed by atoms with van der Waals surface area (Å²) in [6.45, 7) is 1.43. The zero-order valence-electron chi connectivity index (χ0n) is 20.9. The molecule has 7 nitrogen and oxygen atoms in total. The Labute approximate surface area is 218 Å². The third kappa shape index (κ3) is 5.22. The van der Waals surface area contributed by atoms with Gasteiger partial charge in [-0.05, 0) is 74.4 Å². The van der Waals surface area contributed by atoms with E-state index in [1.807, 2.05) is 29.3 Å². The van der Waals surface area contributed by atoms with Gasteiger partial charge in [-0.3, -0.25) is 9.69 Å². The molecule has 3 heterocycles. The van der Waals surface area contributed by atoms with E-state index in [4.69, 9.17) is 0 Å². The summed E-state index contributed by atoms with van der Waals surface area (Å²) in [5.41, 5.74) is 2.10. The Hall–Kier alpha value is -3.53. The second-order valence-corrected chi connectivity index (χ2v) is 10.1. The Bertz CT molecular complexity index is 1260. The number of hydrogen-bond donors (Lipinski definition) is 2. The first-order chi connectivity index (χ1) is 18.2. The molecule has 38 heavy (non-hydrogen) atoms. The molecule has 1 atom stereocenters. The number of nitrogens with zero attached hydrogens (tertiary/aromatic N) is 3. The number of piperidine rings is 2. The fourth-order valence-corrected chi connectivity index (χ4v) is 6.07. The maximum absolute atomic E-state index is 13.8. The lowest BCUT2D eigenvalue weighted by atomic mass is 9.84. The standard InChI is InChI=1S/C28H31F3N4O3/c29-28(30,31)35(21-6-2-1-3-7-21)27(38)34-16-12-20(13-17-34)25(26(36)37)33-14-10-19(11-15-33)23-18-32-24-9-5-4-8-22(23)24/h1-9,18-20,25,32H,10-17H2,(H,36,37). The molecule has 3 aromatic rings. The number of likely N-dealkylation sites (tertiary alicyclic amines) is 2. The van der Waals surface area contributed by atoms with Crippen molar-refractivity contribution in [3.05, 3.63) is 66.4 Å². The summed E-state index contributed by atoms with van der Waals surface area (Å²) in [7, 11) is 0. The monoisotopic (exact) mass is 528 g/mol. The van der Waals surface area contributed by atoms with Gasteiger partial charge in [0.2, 0.25) is 0 Å². The number of carbonyl (C=O) groups excluding carboxylic acids is 1. The molecule has 0 aliphatic carbocycles. The largest absolute Gasteiger partial charge is 0.493 e. The number of halogens is 3. The summed E-state index contributed by atoms with van der Waals surface area (Å²) in [4.78, 5) is 31.6. The number of fused-ring (bicyclic) bond motifs is 1. The zero-order valence-corrected chi connectivity index (χ0v) is 20.9. The van der Waals surface area contributed by atoms with Gasteiger partial charge in [-0.15, -0.1) is 13.2 Å². The number of nitrogens with one attached hydrogen (secondary N) is 1. The third-order valence-corrected chi connectivity index (χ3v) is 7.95. The lowest BCUT2D eigenvalue weighted by Gasteiger charge is -2.42. The number of alkyl halides is 3. The van der Waals surface area contributed by atoms with Crippen molar-refractivity contribution in [2.24, 2.45) is 5.92 Å². The summed E-state index contributed by atoms with van der Waals surface area (Å²) in [6, 6.07) is 13.3. The van der Waals surface area contributed by atoms with Crippen LogP contribution < -0.4 is 4.90 Å². The normalized spacial score (nSPS) is 19.0. The zero-order chi connectivity index (χ0) is 26.9. The number of hydrogen-bond acceptors (Lipinski definition) is 3. The number of aromatic amines is 1. The van der Waals surface area contributed by atoms with Crippen LogP contribution in [0.2, 0.25) is 0 Å². The topological polar surface area (TPSA) is 79.9 Å². The molecule has 2 saturated heterocycles. The van der Waals surface area contributed by atoms with Gasteiger partial charge in [0.05, 0.1) is 5.69 Å². The summed E-state index contributed by atoms with van der Waals surface area (Å²) >= 11 is 0. The minimum Gasteiger partial charge on any atom is -0.480 e. The molecule has 0 saturated carbocycles. The van der Waals surface area contributed by atoms with Crippen LogP contribution in [0.15, 0.2) is 60.8 Å². The number of urea groups is 1. The van der Waals surface area contributed by atoms with Crippen molar-refractivity contribution in [2.75, 3.05) is 31.1 Å². The van der Waals surface area contributed by atoms with Gasteiger partial charge >= 0.3 is 18.3 Å². The van der Waals surface area contributed by atoms with Gasteiger partial charge < -0.3 is 15.0 Å². The van der Waals surface area contributed by atoms with E-state index in [0.717, 1.165) is 18.4 Å². The number of aromatic nitrogens is 1. The molecule has 0 bridgehead atoms. The van der Waals surface area contributed by atoms with E-state index in [2.05, 4.69) is 11.1 Å². The summed E-state index contributed by atoms with van der Waals surface area (Å²) in [5.74, 6) is -0.818. The van der Waals surface area contributed by atoms with E-state index in [1.165, 1.54) is 40.1 Å². The second kappa shape index (κ2) is 10.7. The van der Waals surface area contributed by atoms with Crippen LogP contribution in [0.4, 0.5) is 23.7 Å². The van der Waals surface area contributed by atoms with Crippen LogP contribution in [0, 0.1) is 5.92 Å². The number of benzene rings is 2. The van der Waals surface area contributed by atoms with Crippen LogP contribution in [-0.4, -0.2) is 70.4 Å². The Morgan fingerprint density at radius 1 is 0.921 bits per heavy atom. The third-order valence-electron chi connectivity index (χ3n) is 7.95. The van der Waals surface area contributed by atoms with E-state index in [-0.39, 0.29) is 29.6 Å². The first-order valence-corrected chi connectivity index (χ1v) is 13.0. The molecule has 10 heteroatoms. The van der Waals surface area contributed by atoms with Gasteiger partial charge in [0, 0.05) is 30.2 Å². The molecule has 1 unspecified atom stereocenters. The van der Waals surface area contributed by atoms with Crippen molar-refractivity contribution in [1.29, 1.82) is 0 Å². The first-order valence-electron chi connectivity index (χ1n) is 13.0. The molecule has 2 aliphatic heterocycles. The van der Waals surface area contributed by atoms with E-state index >= 15 is 0 Å². The summed E-state index contributed by atoms with van der Waals surface area (Å²) < 4.78 is 41.3. The predicted octanol–water partition coefficient (Wildman–Crippen LogP) is 5.66. The van der Waals surface area contributed by atoms with E-state index in [1.54, 1.807) is 6.07 Å². The average Bonchev–Trinajstić information content (AvgIpc) is 3.34. The molecule has 0 radical (unpaired) electrons. The van der Waals surface area contributed by atoms with Gasteiger partial charge in [0.1, 0.15) is 6.04 Å². The second-order valence-electron chi connectivity index (χ2n) is 10.1. The molecular weight excluding hydrogens is 497 g/mol. The molecular formula is C28H31F3N4O3. The van der Waals surface area contributed by atoms with Crippen LogP contribution in [0.1, 0.15) is 37.2 Å². The molecule has 2 N–H and O–H groups in total. The molecule has 0 spiro atoms. The van der Waals surface area contributed by atoms with Crippen molar-refractivity contribution in [2.45, 2.75) is 43.9 Å². The van der Waals surface area contributed by atoms with Crippen molar-refractivity contribution in [3.63, 3.8) is 0 Å². The highest BCUT2D eigenvalue weighted by Gasteiger charge is 2.46. The Balaban J connectivity index is 1.22. The maximum atomic E-state index is 13.8. The average molecular weight is 529 g/mol. The van der Waals surface area contributed by atoms with Crippen molar-refractivity contribution in [1.82, 2.24) is 14.8 Å². The Morgan fingerprint density at radius 3 is 2.18 bits per heavy atom. The summed E-state index contributed by atoms with van der Waals surface area (Å²) in [6.07, 6.45) is -0.474. The van der Waals surface area contributed by atoms with E-state index < -0.39 is 24.3 Å². The van der Waals surface area contributed by atoms with Gasteiger partial charge in [-0.1, -0.05) is 36.4 Å². The van der Waals surface area contributed by atoms with E-state index in [0.29, 0.717) is 31.8 Å². The van der Waals surface area contributed by atoms with Crippen LogP contribution >= 0.6 is 0 Å². The maximum Gasteiger partial charge on any atom is 0.493 e. The van der Waals surface area contributed by atoms with Crippen LogP contribution in [0.25, 0.3) is 10.9 Å². The highest BCUT2D eigenvalue weighted by atomic mass is 19.4. The summed E-state index contributed by atoms with van der Waals surface area (Å²) in [5, 5.41) is 11.3. The number of rotatable bonds is 5. The fourth-order valence-electron chi connectivity index (χ4n) is 6.07. The number of H-pyrrole nitrogens is 1. The highest BCUT2D eigenvalue weighted by molar-refractivity contribution is 5.92. The minimum absolute atomic E-state index is 0.0818. The van der Waals surface area contributed by atoms with Crippen molar-refractivity contribution in [3.8, 4) is 0 Å². The molecule has 2 aliphatic rings. The Kier molecular flexibility index (Phi) is 7.34. The van der Waals surface area contributed by atoms with Crippen LogP contribution in [-0.2, 0) is 4.79 Å². The first kappa shape index (κ1) is 26.1. The number of carbonyl (C=O) groups is 2. The molecule has 2 aromatic carbocycles. The SMILES string of the molecule is O=C(O)C(C1CCN(C(=O)N(c2ccccc2)C(F)(F)F)CC1)N1CCC(c2c[nH]c3ccccc23)CC1. The quantitative estimate of drug-likeness (QED) is 0.419. The number of carboxylic acid groups (broad SMARTS) is 1. The molecule has 1 aromatic heterocycles. The number of para-hydroxylation sites is 2. The predicted molar refractivity (Wildman–Crippen MR) is 138 cm³/mol. The van der Waals surface area contributed by atoms with Gasteiger partial charge in [0.25, 0.3) is 0 Å². The number of amides is 2. The molecule has 2 amide bonds. The van der Waals surface area contributed by atoms with Crippen molar-refractivity contribution < 1.29 is 27.9 Å². The van der Waals surface area contributed by atoms with Gasteiger partial charge in [-0.25, -0.2) is 9.69 Å². The number of anilines is 1. The molecule has 202 valence electrons. The van der Waals surface area contributed by atoms with E-state index in [9.17, 15) is 27.9 Å². The van der Waals surface area contributed by atoms with Gasteiger partial charge in [-0.2, -0.15) is 0 Å². The lowest BCUT2D eigenvalue weighted by molar-refractivity contribution is -0.147. The fraction of sp³-hybridized carbons (Fsp3) is 0.429. The highest BCUT2D eigenvalue weighted by Crippen LogP contribution is 2.36. The van der Waals surface area contributed by atoms with Crippen LogP contribution in [0.3, 0.4) is 0 Å². The smallest absolute Gasteiger partial charge is 0.480 e. The van der Waals surface area contributed by atoms with Crippen LogP contribution in [0.5, 0.6) is 0 Å². The molecule has 2 fully saturated rings. The number of carboxylic acids is 1. The van der Waals surface area contributed by atoms with Crippen molar-refractivity contribution >= 4 is 28.6 Å².